The lowest BCUT2D eigenvalue weighted by atomic mass is 9.98. The van der Waals surface area contributed by atoms with Crippen LogP contribution >= 0.6 is 0 Å². The number of rotatable bonds is 5. The van der Waals surface area contributed by atoms with Crippen molar-refractivity contribution >= 4 is 0 Å². The maximum atomic E-state index is 13.3. The molecule has 1 aromatic heterocycles. The van der Waals surface area contributed by atoms with Gasteiger partial charge in [-0.3, -0.25) is 4.98 Å². The van der Waals surface area contributed by atoms with Gasteiger partial charge in [0.1, 0.15) is 5.82 Å². The molecule has 0 aliphatic heterocycles. The van der Waals surface area contributed by atoms with Crippen molar-refractivity contribution in [3.8, 4) is 0 Å². The lowest BCUT2D eigenvalue weighted by Crippen LogP contribution is -2.23. The van der Waals surface area contributed by atoms with E-state index in [1.54, 1.807) is 13.1 Å². The van der Waals surface area contributed by atoms with Gasteiger partial charge in [-0.2, -0.15) is 0 Å². The minimum Gasteiger partial charge on any atom is -0.310 e. The summed E-state index contributed by atoms with van der Waals surface area (Å²) >= 11 is 0. The molecular formula is C16H19FN2. The van der Waals surface area contributed by atoms with Crippen LogP contribution in [0.15, 0.2) is 42.7 Å². The van der Waals surface area contributed by atoms with Crippen LogP contribution in [0.3, 0.4) is 0 Å². The maximum Gasteiger partial charge on any atom is 0.126 e. The number of hydrogen-bond acceptors (Lipinski definition) is 2. The van der Waals surface area contributed by atoms with Crippen molar-refractivity contribution < 1.29 is 4.39 Å². The largest absolute Gasteiger partial charge is 0.310 e. The summed E-state index contributed by atoms with van der Waals surface area (Å²) in [6.45, 7) is 4.75. The quantitative estimate of drug-likeness (QED) is 0.888. The Bertz CT molecular complexity index is 526. The van der Waals surface area contributed by atoms with E-state index in [9.17, 15) is 4.39 Å². The number of hydrogen-bond donors (Lipinski definition) is 1. The highest BCUT2D eigenvalue weighted by Gasteiger charge is 2.12. The van der Waals surface area contributed by atoms with Gasteiger partial charge in [-0.15, -0.1) is 0 Å². The topological polar surface area (TPSA) is 24.9 Å². The summed E-state index contributed by atoms with van der Waals surface area (Å²) in [5.41, 5.74) is 2.98. The molecule has 2 rings (SSSR count). The van der Waals surface area contributed by atoms with Crippen molar-refractivity contribution in [2.24, 2.45) is 0 Å². The number of aryl methyl sites for hydroxylation is 1. The molecule has 3 heteroatoms. The van der Waals surface area contributed by atoms with E-state index in [4.69, 9.17) is 0 Å². The number of pyridine rings is 1. The molecule has 0 bridgehead atoms. The monoisotopic (exact) mass is 258 g/mol. The first-order valence-corrected chi connectivity index (χ1v) is 6.59. The highest BCUT2D eigenvalue weighted by molar-refractivity contribution is 5.28. The Morgan fingerprint density at radius 1 is 1.32 bits per heavy atom. The molecular weight excluding hydrogens is 239 g/mol. The van der Waals surface area contributed by atoms with Gasteiger partial charge in [-0.05, 0) is 48.7 Å². The summed E-state index contributed by atoms with van der Waals surface area (Å²) in [6, 6.07) is 9.50. The lowest BCUT2D eigenvalue weighted by Gasteiger charge is -2.19. The molecule has 1 heterocycles. The van der Waals surface area contributed by atoms with Crippen LogP contribution in [-0.2, 0) is 6.42 Å². The van der Waals surface area contributed by atoms with E-state index in [0.29, 0.717) is 5.56 Å². The molecule has 0 spiro atoms. The van der Waals surface area contributed by atoms with Crippen molar-refractivity contribution in [1.82, 2.24) is 10.3 Å². The van der Waals surface area contributed by atoms with Crippen molar-refractivity contribution in [2.45, 2.75) is 26.3 Å². The third-order valence-electron chi connectivity index (χ3n) is 3.20. The molecule has 0 saturated carbocycles. The van der Waals surface area contributed by atoms with E-state index in [1.807, 2.05) is 24.4 Å². The molecule has 0 fully saturated rings. The van der Waals surface area contributed by atoms with E-state index < -0.39 is 0 Å². The zero-order chi connectivity index (χ0) is 13.7. The summed E-state index contributed by atoms with van der Waals surface area (Å²) in [6.07, 6.45) is 4.50. The second-order valence-corrected chi connectivity index (χ2v) is 4.68. The Morgan fingerprint density at radius 2 is 2.16 bits per heavy atom. The Hall–Kier alpha value is -1.74. The first-order chi connectivity index (χ1) is 9.20. The Labute approximate surface area is 113 Å². The molecule has 100 valence electrons. The van der Waals surface area contributed by atoms with E-state index in [-0.39, 0.29) is 11.9 Å². The summed E-state index contributed by atoms with van der Waals surface area (Å²) < 4.78 is 13.3. The number of benzene rings is 1. The standard InChI is InChI=1S/C16H19FN2/c1-3-19-16(10-13-5-4-8-18-11-13)14-6-7-15(17)12(2)9-14/h4-9,11,16,19H,3,10H2,1-2H3. The Morgan fingerprint density at radius 3 is 2.79 bits per heavy atom. The highest BCUT2D eigenvalue weighted by Crippen LogP contribution is 2.20. The van der Waals surface area contributed by atoms with Gasteiger partial charge in [0.05, 0.1) is 0 Å². The van der Waals surface area contributed by atoms with Gasteiger partial charge in [0, 0.05) is 18.4 Å². The van der Waals surface area contributed by atoms with Crippen LogP contribution in [-0.4, -0.2) is 11.5 Å². The van der Waals surface area contributed by atoms with Crippen LogP contribution in [0.2, 0.25) is 0 Å². The first kappa shape index (κ1) is 13.7. The van der Waals surface area contributed by atoms with Crippen LogP contribution in [0.4, 0.5) is 4.39 Å². The van der Waals surface area contributed by atoms with E-state index in [2.05, 4.69) is 23.3 Å². The van der Waals surface area contributed by atoms with Crippen molar-refractivity contribution in [1.29, 1.82) is 0 Å². The second kappa shape index (κ2) is 6.43. The number of nitrogens with one attached hydrogen (secondary N) is 1. The van der Waals surface area contributed by atoms with Crippen molar-refractivity contribution in [2.75, 3.05) is 6.54 Å². The summed E-state index contributed by atoms with van der Waals surface area (Å²) in [5, 5.41) is 3.44. The molecule has 0 amide bonds. The predicted molar refractivity (Wildman–Crippen MR) is 75.5 cm³/mol. The second-order valence-electron chi connectivity index (χ2n) is 4.68. The van der Waals surface area contributed by atoms with Crippen molar-refractivity contribution in [3.05, 3.63) is 65.2 Å². The Kier molecular flexibility index (Phi) is 4.63. The van der Waals surface area contributed by atoms with E-state index >= 15 is 0 Å². The molecule has 0 aliphatic rings. The molecule has 19 heavy (non-hydrogen) atoms. The molecule has 0 aliphatic carbocycles. The van der Waals surface area contributed by atoms with Crippen LogP contribution in [0.25, 0.3) is 0 Å². The van der Waals surface area contributed by atoms with Gasteiger partial charge in [-0.1, -0.05) is 25.1 Å². The summed E-state index contributed by atoms with van der Waals surface area (Å²) in [5.74, 6) is -0.152. The van der Waals surface area contributed by atoms with E-state index in [0.717, 1.165) is 18.5 Å². The van der Waals surface area contributed by atoms with Gasteiger partial charge in [0.2, 0.25) is 0 Å². The molecule has 0 saturated heterocycles. The van der Waals surface area contributed by atoms with Gasteiger partial charge in [-0.25, -0.2) is 4.39 Å². The smallest absolute Gasteiger partial charge is 0.126 e. The molecule has 0 radical (unpaired) electrons. The zero-order valence-corrected chi connectivity index (χ0v) is 11.4. The lowest BCUT2D eigenvalue weighted by molar-refractivity contribution is 0.545. The van der Waals surface area contributed by atoms with Crippen LogP contribution in [0.1, 0.15) is 29.7 Å². The van der Waals surface area contributed by atoms with Crippen LogP contribution in [0, 0.1) is 12.7 Å². The number of aromatic nitrogens is 1. The molecule has 1 atom stereocenters. The summed E-state index contributed by atoms with van der Waals surface area (Å²) in [7, 11) is 0. The van der Waals surface area contributed by atoms with E-state index in [1.165, 1.54) is 11.6 Å². The fourth-order valence-corrected chi connectivity index (χ4v) is 2.19. The van der Waals surface area contributed by atoms with Gasteiger partial charge in [0.25, 0.3) is 0 Å². The zero-order valence-electron chi connectivity index (χ0n) is 11.4. The van der Waals surface area contributed by atoms with Crippen LogP contribution < -0.4 is 5.32 Å². The maximum absolute atomic E-state index is 13.3. The molecule has 1 aromatic carbocycles. The fourth-order valence-electron chi connectivity index (χ4n) is 2.19. The molecule has 2 nitrogen and oxygen atoms in total. The first-order valence-electron chi connectivity index (χ1n) is 6.59. The third kappa shape index (κ3) is 3.61. The third-order valence-corrected chi connectivity index (χ3v) is 3.20. The molecule has 1 unspecified atom stereocenters. The number of likely N-dealkylation sites (N-methyl/N-ethyl adjacent to an activating group) is 1. The average molecular weight is 258 g/mol. The van der Waals surface area contributed by atoms with Gasteiger partial charge in [0.15, 0.2) is 0 Å². The number of halogens is 1. The normalized spacial score (nSPS) is 12.4. The highest BCUT2D eigenvalue weighted by atomic mass is 19.1. The van der Waals surface area contributed by atoms with Crippen molar-refractivity contribution in [3.63, 3.8) is 0 Å². The molecule has 2 aromatic rings. The minimum absolute atomic E-state index is 0.152. The average Bonchev–Trinajstić information content (AvgIpc) is 2.43. The Balaban J connectivity index is 2.21. The summed E-state index contributed by atoms with van der Waals surface area (Å²) in [4.78, 5) is 4.14. The fraction of sp³-hybridized carbons (Fsp3) is 0.312. The van der Waals surface area contributed by atoms with Crippen LogP contribution in [0.5, 0.6) is 0 Å². The minimum atomic E-state index is -0.152. The van der Waals surface area contributed by atoms with Gasteiger partial charge < -0.3 is 5.32 Å². The molecule has 1 N–H and O–H groups in total. The number of nitrogens with zero attached hydrogens (tertiary/aromatic N) is 1. The van der Waals surface area contributed by atoms with Gasteiger partial charge >= 0.3 is 0 Å². The SMILES string of the molecule is CCNC(Cc1cccnc1)c1ccc(F)c(C)c1. The predicted octanol–water partition coefficient (Wildman–Crippen LogP) is 3.42.